The van der Waals surface area contributed by atoms with Gasteiger partial charge in [0.1, 0.15) is 0 Å². The van der Waals surface area contributed by atoms with Crippen LogP contribution < -0.4 is 0 Å². The van der Waals surface area contributed by atoms with Gasteiger partial charge in [-0.1, -0.05) is 94.4 Å². The Morgan fingerprint density at radius 1 is 0.432 bits per heavy atom. The van der Waals surface area contributed by atoms with E-state index in [2.05, 4.69) is 13.8 Å². The number of rotatable bonds is 8. The van der Waals surface area contributed by atoms with E-state index in [9.17, 15) is 19.2 Å². The van der Waals surface area contributed by atoms with E-state index < -0.39 is 11.9 Å². The van der Waals surface area contributed by atoms with Crippen LogP contribution in [0.3, 0.4) is 0 Å². The number of ketones is 2. The van der Waals surface area contributed by atoms with E-state index in [1.165, 1.54) is 11.1 Å². The van der Waals surface area contributed by atoms with Gasteiger partial charge < -0.3 is 10.2 Å². The highest BCUT2D eigenvalue weighted by Gasteiger charge is 2.02. The van der Waals surface area contributed by atoms with Crippen LogP contribution >= 0.6 is 0 Å². The summed E-state index contributed by atoms with van der Waals surface area (Å²) in [6, 6.07) is 29.4. The summed E-state index contributed by atoms with van der Waals surface area (Å²) >= 11 is 0. The average molecular weight is 597 g/mol. The molecule has 232 valence electrons. The van der Waals surface area contributed by atoms with Crippen molar-refractivity contribution in [2.24, 2.45) is 0 Å². The first-order valence-corrected chi connectivity index (χ1v) is 14.8. The van der Waals surface area contributed by atoms with Crippen molar-refractivity contribution in [2.75, 3.05) is 0 Å². The fourth-order valence-corrected chi connectivity index (χ4v) is 3.79. The maximum atomic E-state index is 10.9. The lowest BCUT2D eigenvalue weighted by atomic mass is 10.1. The summed E-state index contributed by atoms with van der Waals surface area (Å²) in [4.78, 5) is 42.6. The van der Waals surface area contributed by atoms with Gasteiger partial charge in [-0.15, -0.1) is 0 Å². The van der Waals surface area contributed by atoms with Crippen molar-refractivity contribution in [2.45, 2.75) is 67.2 Å². The summed E-state index contributed by atoms with van der Waals surface area (Å²) in [7, 11) is 0. The zero-order valence-electron chi connectivity index (χ0n) is 26.6. The van der Waals surface area contributed by atoms with Gasteiger partial charge in [-0.2, -0.15) is 0 Å². The number of aryl methyl sites for hydroxylation is 4. The minimum Gasteiger partial charge on any atom is -0.478 e. The van der Waals surface area contributed by atoms with Crippen LogP contribution in [-0.4, -0.2) is 33.7 Å². The van der Waals surface area contributed by atoms with Crippen molar-refractivity contribution < 1.29 is 29.4 Å². The first-order chi connectivity index (χ1) is 20.9. The standard InChI is InChI=1S/2C10H12O.2C9H10O2/c1-3-9-4-6-10(7-5-9)8(2)11;1-3-9-5-4-6-10(7-9)8(2)11;1-2-7-3-5-8(6-4-7)9(10)11;1-2-7-4-3-5-8(6-7)9(10)11/h2*4-7H,3H2,1-2H3;2*3-6H,2H2,1H3,(H,10,11). The molecule has 0 aliphatic carbocycles. The first kappa shape index (κ1) is 37.2. The molecule has 6 nitrogen and oxygen atoms in total. The maximum Gasteiger partial charge on any atom is 0.335 e. The molecule has 0 bridgehead atoms. The molecule has 0 atom stereocenters. The lowest BCUT2D eigenvalue weighted by Gasteiger charge is -1.98. The molecular weight excluding hydrogens is 552 g/mol. The number of aromatic carboxylic acids is 2. The Kier molecular flexibility index (Phi) is 17.0. The van der Waals surface area contributed by atoms with Crippen molar-refractivity contribution in [3.05, 3.63) is 142 Å². The molecule has 0 spiro atoms. The maximum absolute atomic E-state index is 10.9. The molecule has 2 N–H and O–H groups in total. The number of benzene rings is 4. The third kappa shape index (κ3) is 13.9. The minimum atomic E-state index is -0.868. The summed E-state index contributed by atoms with van der Waals surface area (Å²) in [5.41, 5.74) is 7.03. The molecule has 0 radical (unpaired) electrons. The largest absolute Gasteiger partial charge is 0.478 e. The topological polar surface area (TPSA) is 109 Å². The molecule has 0 fully saturated rings. The second-order valence-electron chi connectivity index (χ2n) is 9.93. The van der Waals surface area contributed by atoms with Crippen LogP contribution in [0.25, 0.3) is 0 Å². The van der Waals surface area contributed by atoms with Gasteiger partial charge in [-0.25, -0.2) is 9.59 Å². The molecule has 0 saturated carbocycles. The predicted molar refractivity (Wildman–Crippen MR) is 177 cm³/mol. The Morgan fingerprint density at radius 3 is 1.11 bits per heavy atom. The summed E-state index contributed by atoms with van der Waals surface area (Å²) in [6.45, 7) is 11.4. The average Bonchev–Trinajstić information content (AvgIpc) is 3.05. The monoisotopic (exact) mass is 596 g/mol. The number of carboxylic acid groups (broad SMARTS) is 2. The fraction of sp³-hybridized carbons (Fsp3) is 0.263. The third-order valence-corrected chi connectivity index (χ3v) is 6.70. The van der Waals surface area contributed by atoms with Crippen LogP contribution in [0.4, 0.5) is 0 Å². The highest BCUT2D eigenvalue weighted by molar-refractivity contribution is 5.94. The van der Waals surface area contributed by atoms with Crippen LogP contribution in [0.1, 0.15) is 105 Å². The van der Waals surface area contributed by atoms with E-state index in [1.54, 1.807) is 44.2 Å². The summed E-state index contributed by atoms with van der Waals surface area (Å²) in [5, 5.41) is 17.2. The Hall–Kier alpha value is -4.84. The van der Waals surface area contributed by atoms with E-state index in [0.717, 1.165) is 47.9 Å². The molecule has 6 heteroatoms. The van der Waals surface area contributed by atoms with Gasteiger partial charge in [0, 0.05) is 11.1 Å². The SMILES string of the molecule is CCc1ccc(C(=O)O)cc1.CCc1ccc(C(C)=O)cc1.CCc1cccc(C(=O)O)c1.CCc1cccc(C(C)=O)c1. The normalized spacial score (nSPS) is 9.59. The zero-order chi connectivity index (χ0) is 33.1. The number of hydrogen-bond donors (Lipinski definition) is 2. The summed E-state index contributed by atoms with van der Waals surface area (Å²) < 4.78 is 0. The Morgan fingerprint density at radius 2 is 0.773 bits per heavy atom. The molecule has 4 aromatic carbocycles. The fourth-order valence-electron chi connectivity index (χ4n) is 3.79. The molecule has 4 rings (SSSR count). The van der Waals surface area contributed by atoms with Gasteiger partial charge in [0.25, 0.3) is 0 Å². The predicted octanol–water partition coefficient (Wildman–Crippen LogP) is 8.80. The number of Topliss-reactive ketones (excluding diaryl/α,β-unsaturated/α-hetero) is 2. The highest BCUT2D eigenvalue weighted by atomic mass is 16.4. The number of hydrogen-bond acceptors (Lipinski definition) is 4. The van der Waals surface area contributed by atoms with Crippen molar-refractivity contribution in [3.63, 3.8) is 0 Å². The van der Waals surface area contributed by atoms with Crippen LogP contribution in [0, 0.1) is 0 Å². The van der Waals surface area contributed by atoms with Crippen molar-refractivity contribution in [3.8, 4) is 0 Å². The quantitative estimate of drug-likeness (QED) is 0.197. The van der Waals surface area contributed by atoms with E-state index in [0.29, 0.717) is 11.1 Å². The molecule has 0 aliphatic heterocycles. The molecule has 0 unspecified atom stereocenters. The molecule has 0 aliphatic rings. The first-order valence-electron chi connectivity index (χ1n) is 14.8. The lowest BCUT2D eigenvalue weighted by Crippen LogP contribution is -1.96. The van der Waals surface area contributed by atoms with Crippen molar-refractivity contribution in [1.82, 2.24) is 0 Å². The van der Waals surface area contributed by atoms with Crippen LogP contribution in [0.5, 0.6) is 0 Å². The van der Waals surface area contributed by atoms with Gasteiger partial charge in [0.2, 0.25) is 0 Å². The molecule has 44 heavy (non-hydrogen) atoms. The van der Waals surface area contributed by atoms with E-state index in [-0.39, 0.29) is 11.6 Å². The van der Waals surface area contributed by atoms with Gasteiger partial charge in [-0.05, 0) is 92.1 Å². The second kappa shape index (κ2) is 20.1. The minimum absolute atomic E-state index is 0.132. The zero-order valence-corrected chi connectivity index (χ0v) is 26.6. The molecule has 0 saturated heterocycles. The van der Waals surface area contributed by atoms with E-state index >= 15 is 0 Å². The number of carbonyl (C=O) groups is 4. The molecule has 0 aromatic heterocycles. The lowest BCUT2D eigenvalue weighted by molar-refractivity contribution is 0.0686. The molecule has 0 amide bonds. The second-order valence-corrected chi connectivity index (χ2v) is 9.93. The smallest absolute Gasteiger partial charge is 0.335 e. The Labute approximate surface area is 261 Å². The molecular formula is C38H44O6. The van der Waals surface area contributed by atoms with E-state index in [1.807, 2.05) is 80.6 Å². The molecule has 0 heterocycles. The Balaban J connectivity index is 0.000000293. The number of carbonyl (C=O) groups excluding carboxylic acids is 2. The van der Waals surface area contributed by atoms with Gasteiger partial charge in [0.05, 0.1) is 11.1 Å². The van der Waals surface area contributed by atoms with Gasteiger partial charge in [0.15, 0.2) is 11.6 Å². The van der Waals surface area contributed by atoms with Gasteiger partial charge >= 0.3 is 11.9 Å². The summed E-state index contributed by atoms with van der Waals surface area (Å²) in [6.07, 6.45) is 3.83. The van der Waals surface area contributed by atoms with Crippen LogP contribution in [0.15, 0.2) is 97.1 Å². The summed E-state index contributed by atoms with van der Waals surface area (Å²) in [5.74, 6) is -1.46. The highest BCUT2D eigenvalue weighted by Crippen LogP contribution is 2.07. The van der Waals surface area contributed by atoms with Crippen molar-refractivity contribution in [1.29, 1.82) is 0 Å². The van der Waals surface area contributed by atoms with Crippen molar-refractivity contribution >= 4 is 23.5 Å². The Bertz CT molecular complexity index is 1370. The van der Waals surface area contributed by atoms with Gasteiger partial charge in [-0.3, -0.25) is 9.59 Å². The molecule has 4 aromatic rings. The van der Waals surface area contributed by atoms with E-state index in [4.69, 9.17) is 10.2 Å². The van der Waals surface area contributed by atoms with Crippen LogP contribution in [0.2, 0.25) is 0 Å². The number of carboxylic acids is 2. The van der Waals surface area contributed by atoms with Crippen LogP contribution in [-0.2, 0) is 25.7 Å². The third-order valence-electron chi connectivity index (χ3n) is 6.70.